The minimum absolute atomic E-state index is 0.0179. The molecule has 1 aliphatic carbocycles. The molecule has 2 amide bonds. The first-order valence-electron chi connectivity index (χ1n) is 21.9. The van der Waals surface area contributed by atoms with E-state index in [1.54, 1.807) is 0 Å². The molecule has 0 spiro atoms. The third-order valence-corrected chi connectivity index (χ3v) is 14.1. The van der Waals surface area contributed by atoms with Crippen molar-refractivity contribution in [3.63, 3.8) is 0 Å². The summed E-state index contributed by atoms with van der Waals surface area (Å²) in [6, 6.07) is 23.4. The molecule has 1 saturated heterocycles. The van der Waals surface area contributed by atoms with Crippen molar-refractivity contribution >= 4 is 55.1 Å². The van der Waals surface area contributed by atoms with Crippen molar-refractivity contribution in [1.82, 2.24) is 5.06 Å². The summed E-state index contributed by atoms with van der Waals surface area (Å²) in [4.78, 5) is 43.5. The average Bonchev–Trinajstić information content (AvgIpc) is 3.76. The van der Waals surface area contributed by atoms with Gasteiger partial charge in [0.15, 0.2) is 5.71 Å². The number of fused-ring (bicyclic) bond motifs is 2. The number of carbonyl (C=O) groups excluding carboxylic acids is 3. The number of amides is 2. The quantitative estimate of drug-likeness (QED) is 0.0760. The molecule has 14 nitrogen and oxygen atoms in total. The summed E-state index contributed by atoms with van der Waals surface area (Å²) in [7, 11) is -8.30. The number of anilines is 1. The summed E-state index contributed by atoms with van der Waals surface area (Å²) in [6.07, 6.45) is 11.3. The van der Waals surface area contributed by atoms with Crippen LogP contribution in [0.5, 0.6) is 5.75 Å². The summed E-state index contributed by atoms with van der Waals surface area (Å²) in [5.74, 6) is -1.25. The van der Waals surface area contributed by atoms with E-state index in [-0.39, 0.29) is 43.6 Å². The number of para-hydroxylation sites is 2. The van der Waals surface area contributed by atoms with E-state index in [0.717, 1.165) is 57.0 Å². The van der Waals surface area contributed by atoms with Gasteiger partial charge in [0.2, 0.25) is 5.69 Å². The Balaban J connectivity index is 1.24. The van der Waals surface area contributed by atoms with Crippen molar-refractivity contribution in [1.29, 1.82) is 0 Å². The van der Waals surface area contributed by atoms with E-state index in [0.29, 0.717) is 48.9 Å². The molecule has 7 rings (SSSR count). The highest BCUT2D eigenvalue weighted by Gasteiger charge is 2.44. The fourth-order valence-corrected chi connectivity index (χ4v) is 10.2. The van der Waals surface area contributed by atoms with Crippen molar-refractivity contribution in [2.24, 2.45) is 0 Å². The van der Waals surface area contributed by atoms with E-state index < -0.39 is 48.8 Å². The van der Waals surface area contributed by atoms with Crippen LogP contribution in [0.25, 0.3) is 0 Å². The zero-order chi connectivity index (χ0) is 46.7. The van der Waals surface area contributed by atoms with Crippen LogP contribution in [0.4, 0.5) is 11.4 Å². The maximum atomic E-state index is 12.5. The largest absolute Gasteiger partial charge is 0.457 e. The molecule has 16 heteroatoms. The van der Waals surface area contributed by atoms with Crippen LogP contribution in [-0.2, 0) is 56.7 Å². The molecule has 0 unspecified atom stereocenters. The summed E-state index contributed by atoms with van der Waals surface area (Å²) in [5, 5.41) is 0.546. The number of hydrogen-bond acceptors (Lipinski definition) is 10. The van der Waals surface area contributed by atoms with Gasteiger partial charge in [-0.15, -0.1) is 5.06 Å². The van der Waals surface area contributed by atoms with Gasteiger partial charge in [-0.2, -0.15) is 21.4 Å². The molecule has 0 radical (unpaired) electrons. The topological polar surface area (TPSA) is 188 Å². The fraction of sp³-hybridized carbons (Fsp3) is 0.388. The van der Waals surface area contributed by atoms with Gasteiger partial charge in [0.25, 0.3) is 32.1 Å². The summed E-state index contributed by atoms with van der Waals surface area (Å²) >= 11 is 0. The van der Waals surface area contributed by atoms with Gasteiger partial charge < -0.3 is 14.5 Å². The molecule has 3 aliphatic heterocycles. The van der Waals surface area contributed by atoms with Crippen molar-refractivity contribution in [2.75, 3.05) is 29.5 Å². The molecule has 0 atom stereocenters. The maximum Gasteiger partial charge on any atom is 0.333 e. The molecule has 3 aromatic rings. The zero-order valence-corrected chi connectivity index (χ0v) is 38.8. The molecule has 0 saturated carbocycles. The van der Waals surface area contributed by atoms with Gasteiger partial charge in [-0.1, -0.05) is 68.5 Å². The summed E-state index contributed by atoms with van der Waals surface area (Å²) in [5.41, 5.74) is 7.89. The summed E-state index contributed by atoms with van der Waals surface area (Å²) in [6.45, 7) is 9.28. The number of rotatable bonds is 17. The highest BCUT2D eigenvalue weighted by atomic mass is 32.2. The smallest absolute Gasteiger partial charge is 0.333 e. The lowest BCUT2D eigenvalue weighted by atomic mass is 9.81. The Hall–Kier alpha value is -5.68. The third kappa shape index (κ3) is 10.9. The lowest BCUT2D eigenvalue weighted by molar-refractivity contribution is -0.437. The van der Waals surface area contributed by atoms with Crippen LogP contribution in [0.2, 0.25) is 0 Å². The maximum absolute atomic E-state index is 12.5. The Morgan fingerprint density at radius 1 is 0.769 bits per heavy atom. The standard InChI is InChI=1S/C49H55N3O11S2/c1-48(2)38-14-5-7-16-40(38)50(30-10-32-64(56,57)58)42(48)25-21-35-12-9-13-36(22-26-43-49(3,4)39-15-6-8-17-41(39)51(43)31-11-33-65(59,60)61)47(35)62-37-23-18-34(19-24-37)20-29-46(55)63-52-44(53)27-28-45(52)54/h5-8,14-19,21-26H,9-13,20,27-33H2,1-4H3,(H-,56,57,58,59,60,61)/p+1. The number of benzene rings is 3. The van der Waals surface area contributed by atoms with Gasteiger partial charge in [-0.3, -0.25) is 18.7 Å². The van der Waals surface area contributed by atoms with Gasteiger partial charge in [-0.05, 0) is 98.6 Å². The fourth-order valence-electron chi connectivity index (χ4n) is 9.18. The van der Waals surface area contributed by atoms with E-state index >= 15 is 0 Å². The number of nitrogens with zero attached hydrogens (tertiary/aromatic N) is 3. The van der Waals surface area contributed by atoms with Gasteiger partial charge in [0.1, 0.15) is 18.1 Å². The third-order valence-electron chi connectivity index (χ3n) is 12.5. The highest BCUT2D eigenvalue weighted by Crippen LogP contribution is 2.48. The molecular weight excluding hydrogens is 871 g/mol. The predicted molar refractivity (Wildman–Crippen MR) is 247 cm³/mol. The number of aryl methyl sites for hydroxylation is 1. The van der Waals surface area contributed by atoms with Crippen LogP contribution in [0.1, 0.15) is 95.8 Å². The Labute approximate surface area is 381 Å². The number of carbonyl (C=O) groups is 3. The number of allylic oxidation sites excluding steroid dienone is 7. The van der Waals surface area contributed by atoms with Crippen molar-refractivity contribution in [3.05, 3.63) is 136 Å². The first-order chi connectivity index (χ1) is 30.7. The van der Waals surface area contributed by atoms with E-state index in [9.17, 15) is 40.3 Å². The second-order valence-electron chi connectivity index (χ2n) is 17.8. The molecule has 2 N–H and O–H groups in total. The van der Waals surface area contributed by atoms with Crippen LogP contribution in [0.3, 0.4) is 0 Å². The molecule has 1 fully saturated rings. The average molecular weight is 927 g/mol. The van der Waals surface area contributed by atoms with E-state index in [1.165, 1.54) is 0 Å². The van der Waals surface area contributed by atoms with Crippen molar-refractivity contribution in [2.45, 2.75) is 96.3 Å². The first kappa shape index (κ1) is 47.3. The molecule has 4 aliphatic rings. The van der Waals surface area contributed by atoms with Gasteiger partial charge in [0, 0.05) is 60.3 Å². The Kier molecular flexibility index (Phi) is 13.9. The minimum Gasteiger partial charge on any atom is -0.457 e. The second kappa shape index (κ2) is 19.0. The molecule has 0 aromatic heterocycles. The molecule has 3 heterocycles. The number of ether oxygens (including phenoxy) is 1. The number of imide groups is 1. The highest BCUT2D eigenvalue weighted by molar-refractivity contribution is 7.86. The van der Waals surface area contributed by atoms with Crippen LogP contribution in [-0.4, -0.2) is 83.7 Å². The number of hydroxylamine groups is 2. The lowest BCUT2D eigenvalue weighted by Crippen LogP contribution is -2.32. The van der Waals surface area contributed by atoms with E-state index in [2.05, 4.69) is 73.6 Å². The molecule has 0 bridgehead atoms. The molecular formula is C49H56N3O11S2+. The Bertz CT molecular complexity index is 2750. The SMILES string of the molecule is CC1(C)C(/C=C/C2=C(Oc3ccc(CCC(=O)ON4C(=O)CCC4=O)cc3)C(=C/C=C3/N(CCCS(=O)(=O)O)c4ccccc4C3(C)C)/CCC2)=[N+](CCCS(=O)(=O)O)c2ccccc21. The van der Waals surface area contributed by atoms with E-state index in [4.69, 9.17) is 9.57 Å². The monoisotopic (exact) mass is 926 g/mol. The lowest BCUT2D eigenvalue weighted by Gasteiger charge is -2.27. The van der Waals surface area contributed by atoms with Crippen molar-refractivity contribution < 1.29 is 54.5 Å². The van der Waals surface area contributed by atoms with Gasteiger partial charge in [0.05, 0.1) is 23.3 Å². The van der Waals surface area contributed by atoms with Crippen LogP contribution < -0.4 is 9.64 Å². The minimum atomic E-state index is -4.15. The first-order valence-corrected chi connectivity index (χ1v) is 25.1. The molecule has 65 heavy (non-hydrogen) atoms. The van der Waals surface area contributed by atoms with Crippen LogP contribution in [0, 0.1) is 0 Å². The number of hydrogen-bond donors (Lipinski definition) is 2. The zero-order valence-electron chi connectivity index (χ0n) is 37.2. The Morgan fingerprint density at radius 2 is 1.42 bits per heavy atom. The van der Waals surface area contributed by atoms with Gasteiger partial charge >= 0.3 is 5.97 Å². The molecule has 344 valence electrons. The van der Waals surface area contributed by atoms with Crippen molar-refractivity contribution in [3.8, 4) is 5.75 Å². The van der Waals surface area contributed by atoms with Crippen LogP contribution in [0.15, 0.2) is 120 Å². The second-order valence-corrected chi connectivity index (χ2v) is 21.0. The normalized spacial score (nSPS) is 19.5. The van der Waals surface area contributed by atoms with Crippen LogP contribution >= 0.6 is 0 Å². The van der Waals surface area contributed by atoms with E-state index in [1.807, 2.05) is 60.7 Å². The van der Waals surface area contributed by atoms with Gasteiger partial charge in [-0.25, -0.2) is 4.79 Å². The Morgan fingerprint density at radius 3 is 2.11 bits per heavy atom. The predicted octanol–water partition coefficient (Wildman–Crippen LogP) is 7.84. The molecule has 3 aromatic carbocycles. The summed E-state index contributed by atoms with van der Waals surface area (Å²) < 4.78 is 74.8.